The standard InChI is InChI=1S/C20H25N3O3/c1-3-14-4-6-16(7-5-14)20-22-17(13(2)26-20)12-18(24)23-10-8-15(9-11-23)19(21)25/h4-7,15H,3,8-12H2,1-2H3,(H2,21,25). The first-order chi connectivity index (χ1) is 12.5. The van der Waals surface area contributed by atoms with E-state index in [1.165, 1.54) is 5.56 Å². The molecule has 6 nitrogen and oxygen atoms in total. The van der Waals surface area contributed by atoms with Gasteiger partial charge in [-0.05, 0) is 43.9 Å². The Morgan fingerprint density at radius 2 is 1.88 bits per heavy atom. The number of piperidine rings is 1. The van der Waals surface area contributed by atoms with Gasteiger partial charge in [0.2, 0.25) is 17.7 Å². The normalized spacial score (nSPS) is 15.2. The molecule has 1 saturated heterocycles. The summed E-state index contributed by atoms with van der Waals surface area (Å²) in [5.74, 6) is 0.825. The van der Waals surface area contributed by atoms with E-state index < -0.39 is 0 Å². The summed E-state index contributed by atoms with van der Waals surface area (Å²) in [5.41, 5.74) is 8.18. The van der Waals surface area contributed by atoms with Crippen LogP contribution in [0, 0.1) is 12.8 Å². The molecule has 0 unspecified atom stereocenters. The summed E-state index contributed by atoms with van der Waals surface area (Å²) in [4.78, 5) is 30.1. The van der Waals surface area contributed by atoms with E-state index in [0.717, 1.165) is 12.0 Å². The molecule has 2 heterocycles. The number of aromatic nitrogens is 1. The number of rotatable bonds is 5. The minimum Gasteiger partial charge on any atom is -0.441 e. The molecule has 0 spiro atoms. The van der Waals surface area contributed by atoms with E-state index in [9.17, 15) is 9.59 Å². The SMILES string of the molecule is CCc1ccc(-c2nc(CC(=O)N3CCC(C(N)=O)CC3)c(C)o2)cc1. The maximum absolute atomic E-state index is 12.6. The number of carbonyl (C=O) groups is 2. The number of carbonyl (C=O) groups excluding carboxylic acids is 2. The van der Waals surface area contributed by atoms with E-state index in [-0.39, 0.29) is 24.2 Å². The Morgan fingerprint density at radius 1 is 1.23 bits per heavy atom. The third-order valence-electron chi connectivity index (χ3n) is 5.07. The number of likely N-dealkylation sites (tertiary alicyclic amines) is 1. The van der Waals surface area contributed by atoms with Crippen LogP contribution in [0.1, 0.15) is 36.8 Å². The molecule has 138 valence electrons. The van der Waals surface area contributed by atoms with Gasteiger partial charge in [-0.2, -0.15) is 0 Å². The lowest BCUT2D eigenvalue weighted by atomic mass is 9.96. The minimum absolute atomic E-state index is 0.0113. The van der Waals surface area contributed by atoms with Gasteiger partial charge in [-0.1, -0.05) is 19.1 Å². The topological polar surface area (TPSA) is 89.4 Å². The van der Waals surface area contributed by atoms with Crippen molar-refractivity contribution in [3.05, 3.63) is 41.3 Å². The smallest absolute Gasteiger partial charge is 0.228 e. The first-order valence-electron chi connectivity index (χ1n) is 9.10. The lowest BCUT2D eigenvalue weighted by molar-refractivity contribution is -0.134. The Balaban J connectivity index is 1.66. The summed E-state index contributed by atoms with van der Waals surface area (Å²) in [6.45, 7) is 5.07. The molecule has 2 amide bonds. The second kappa shape index (κ2) is 7.72. The molecule has 0 atom stereocenters. The second-order valence-corrected chi connectivity index (χ2v) is 6.81. The predicted octanol–water partition coefficient (Wildman–Crippen LogP) is 2.48. The largest absolute Gasteiger partial charge is 0.441 e. The Labute approximate surface area is 153 Å². The zero-order valence-electron chi connectivity index (χ0n) is 15.3. The Bertz CT molecular complexity index is 787. The van der Waals surface area contributed by atoms with Gasteiger partial charge >= 0.3 is 0 Å². The molecule has 1 aliphatic rings. The fourth-order valence-electron chi connectivity index (χ4n) is 3.27. The van der Waals surface area contributed by atoms with Gasteiger partial charge in [-0.15, -0.1) is 0 Å². The third kappa shape index (κ3) is 3.95. The Morgan fingerprint density at radius 3 is 2.46 bits per heavy atom. The Kier molecular flexibility index (Phi) is 5.40. The van der Waals surface area contributed by atoms with Crippen molar-refractivity contribution in [2.45, 2.75) is 39.5 Å². The zero-order valence-corrected chi connectivity index (χ0v) is 15.3. The number of aryl methyl sites for hydroxylation is 2. The average Bonchev–Trinajstić information content (AvgIpc) is 3.02. The number of amides is 2. The predicted molar refractivity (Wildman–Crippen MR) is 98.3 cm³/mol. The van der Waals surface area contributed by atoms with Crippen molar-refractivity contribution >= 4 is 11.8 Å². The first kappa shape index (κ1) is 18.2. The molecule has 26 heavy (non-hydrogen) atoms. The van der Waals surface area contributed by atoms with Crippen LogP contribution in [0.15, 0.2) is 28.7 Å². The number of primary amides is 1. The van der Waals surface area contributed by atoms with Gasteiger partial charge in [-0.25, -0.2) is 4.98 Å². The number of nitrogens with zero attached hydrogens (tertiary/aromatic N) is 2. The molecule has 0 aliphatic carbocycles. The summed E-state index contributed by atoms with van der Waals surface area (Å²) in [6, 6.07) is 8.10. The maximum Gasteiger partial charge on any atom is 0.228 e. The molecule has 1 aliphatic heterocycles. The van der Waals surface area contributed by atoms with E-state index in [1.807, 2.05) is 19.1 Å². The van der Waals surface area contributed by atoms with Crippen LogP contribution in [0.2, 0.25) is 0 Å². The molecule has 0 bridgehead atoms. The van der Waals surface area contributed by atoms with Crippen molar-refractivity contribution in [3.63, 3.8) is 0 Å². The number of hydrogen-bond donors (Lipinski definition) is 1. The first-order valence-corrected chi connectivity index (χ1v) is 9.10. The van der Waals surface area contributed by atoms with Crippen molar-refractivity contribution < 1.29 is 14.0 Å². The average molecular weight is 355 g/mol. The molecular formula is C20H25N3O3. The molecule has 1 aromatic heterocycles. The van der Waals surface area contributed by atoms with E-state index in [0.29, 0.717) is 43.3 Å². The van der Waals surface area contributed by atoms with Crippen LogP contribution in [0.3, 0.4) is 0 Å². The van der Waals surface area contributed by atoms with Gasteiger partial charge in [0.05, 0.1) is 12.1 Å². The van der Waals surface area contributed by atoms with E-state index >= 15 is 0 Å². The minimum atomic E-state index is -0.275. The zero-order chi connectivity index (χ0) is 18.7. The summed E-state index contributed by atoms with van der Waals surface area (Å²) in [7, 11) is 0. The van der Waals surface area contributed by atoms with E-state index in [4.69, 9.17) is 10.2 Å². The van der Waals surface area contributed by atoms with Crippen LogP contribution in [0.25, 0.3) is 11.5 Å². The van der Waals surface area contributed by atoms with Crippen LogP contribution in [0.5, 0.6) is 0 Å². The van der Waals surface area contributed by atoms with Crippen LogP contribution in [0.4, 0.5) is 0 Å². The van der Waals surface area contributed by atoms with Gasteiger partial charge in [0, 0.05) is 24.6 Å². The van der Waals surface area contributed by atoms with Gasteiger partial charge < -0.3 is 15.1 Å². The van der Waals surface area contributed by atoms with Gasteiger partial charge in [0.1, 0.15) is 5.76 Å². The summed E-state index contributed by atoms with van der Waals surface area (Å²) < 4.78 is 5.77. The van der Waals surface area contributed by atoms with Crippen molar-refractivity contribution in [2.75, 3.05) is 13.1 Å². The van der Waals surface area contributed by atoms with Crippen LogP contribution in [-0.2, 0) is 22.4 Å². The lowest BCUT2D eigenvalue weighted by Gasteiger charge is -2.30. The van der Waals surface area contributed by atoms with E-state index in [2.05, 4.69) is 24.0 Å². The molecule has 2 N–H and O–H groups in total. The highest BCUT2D eigenvalue weighted by atomic mass is 16.4. The lowest BCUT2D eigenvalue weighted by Crippen LogP contribution is -2.42. The number of nitrogens with two attached hydrogens (primary N) is 1. The fraction of sp³-hybridized carbons (Fsp3) is 0.450. The van der Waals surface area contributed by atoms with Crippen molar-refractivity contribution in [1.29, 1.82) is 0 Å². The summed E-state index contributed by atoms with van der Waals surface area (Å²) in [6.07, 6.45) is 2.46. The molecular weight excluding hydrogens is 330 g/mol. The van der Waals surface area contributed by atoms with Crippen LogP contribution in [-0.4, -0.2) is 34.8 Å². The highest BCUT2D eigenvalue weighted by molar-refractivity contribution is 5.80. The van der Waals surface area contributed by atoms with Gasteiger partial charge in [0.15, 0.2) is 0 Å². The third-order valence-corrected chi connectivity index (χ3v) is 5.07. The summed E-state index contributed by atoms with van der Waals surface area (Å²) >= 11 is 0. The van der Waals surface area contributed by atoms with E-state index in [1.54, 1.807) is 4.90 Å². The van der Waals surface area contributed by atoms with Crippen LogP contribution < -0.4 is 5.73 Å². The van der Waals surface area contributed by atoms with Gasteiger partial charge in [0.25, 0.3) is 0 Å². The molecule has 1 aromatic carbocycles. The number of benzene rings is 1. The Hall–Kier alpha value is -2.63. The fourth-order valence-corrected chi connectivity index (χ4v) is 3.27. The summed E-state index contributed by atoms with van der Waals surface area (Å²) in [5, 5.41) is 0. The molecule has 1 fully saturated rings. The number of hydrogen-bond acceptors (Lipinski definition) is 4. The molecule has 3 rings (SSSR count). The van der Waals surface area contributed by atoms with Crippen molar-refractivity contribution in [2.24, 2.45) is 11.7 Å². The quantitative estimate of drug-likeness (QED) is 0.892. The molecule has 0 saturated carbocycles. The van der Waals surface area contributed by atoms with Gasteiger partial charge in [-0.3, -0.25) is 9.59 Å². The molecule has 6 heteroatoms. The van der Waals surface area contributed by atoms with Crippen LogP contribution >= 0.6 is 0 Å². The molecule has 0 radical (unpaired) electrons. The van der Waals surface area contributed by atoms with Crippen molar-refractivity contribution in [3.8, 4) is 11.5 Å². The monoisotopic (exact) mass is 355 g/mol. The highest BCUT2D eigenvalue weighted by Crippen LogP contribution is 2.24. The second-order valence-electron chi connectivity index (χ2n) is 6.81. The molecule has 2 aromatic rings. The highest BCUT2D eigenvalue weighted by Gasteiger charge is 2.26. The number of oxazole rings is 1. The van der Waals surface area contributed by atoms with Crippen molar-refractivity contribution in [1.82, 2.24) is 9.88 Å². The maximum atomic E-state index is 12.6.